The third kappa shape index (κ3) is 4.81. The molecule has 3 rings (SSSR count). The van der Waals surface area contributed by atoms with Gasteiger partial charge in [0.1, 0.15) is 0 Å². The molecule has 0 amide bonds. The summed E-state index contributed by atoms with van der Waals surface area (Å²) < 4.78 is 32.2. The quantitative estimate of drug-likeness (QED) is 0.745. The molecule has 8 nitrogen and oxygen atoms in total. The van der Waals surface area contributed by atoms with Gasteiger partial charge < -0.3 is 9.64 Å². The third-order valence-corrected chi connectivity index (χ3v) is 6.04. The Morgan fingerprint density at radius 2 is 1.81 bits per heavy atom. The SMILES string of the molecule is COC(=O)c1ccc(S(=O)(=O)NCC2CCN(c3ncccn3)CC2)cc1. The molecule has 1 aromatic heterocycles. The molecule has 1 aliphatic rings. The maximum atomic E-state index is 12.5. The van der Waals surface area contributed by atoms with E-state index in [1.54, 1.807) is 18.5 Å². The lowest BCUT2D eigenvalue weighted by Crippen LogP contribution is -2.39. The predicted octanol–water partition coefficient (Wildman–Crippen LogP) is 1.46. The number of ether oxygens (including phenoxy) is 1. The summed E-state index contributed by atoms with van der Waals surface area (Å²) in [7, 11) is -2.33. The number of sulfonamides is 1. The van der Waals surface area contributed by atoms with Gasteiger partial charge in [0.15, 0.2) is 0 Å². The smallest absolute Gasteiger partial charge is 0.337 e. The van der Waals surface area contributed by atoms with Crippen LogP contribution in [-0.2, 0) is 14.8 Å². The van der Waals surface area contributed by atoms with Gasteiger partial charge in [-0.1, -0.05) is 0 Å². The molecule has 0 saturated carbocycles. The Morgan fingerprint density at radius 1 is 1.19 bits per heavy atom. The molecule has 1 N–H and O–H groups in total. The molecule has 2 heterocycles. The number of methoxy groups -OCH3 is 1. The topological polar surface area (TPSA) is 101 Å². The number of anilines is 1. The van der Waals surface area contributed by atoms with Crippen molar-refractivity contribution in [2.45, 2.75) is 17.7 Å². The van der Waals surface area contributed by atoms with Crippen molar-refractivity contribution >= 4 is 21.9 Å². The number of hydrogen-bond donors (Lipinski definition) is 1. The number of hydrogen-bond acceptors (Lipinski definition) is 7. The Morgan fingerprint density at radius 3 is 2.41 bits per heavy atom. The molecular weight excluding hydrogens is 368 g/mol. The van der Waals surface area contributed by atoms with Crippen LogP contribution in [0.5, 0.6) is 0 Å². The highest BCUT2D eigenvalue weighted by Crippen LogP contribution is 2.20. The minimum atomic E-state index is -3.61. The monoisotopic (exact) mass is 390 g/mol. The lowest BCUT2D eigenvalue weighted by molar-refractivity contribution is 0.0600. The Hall–Kier alpha value is -2.52. The second-order valence-corrected chi connectivity index (χ2v) is 8.11. The predicted molar refractivity (Wildman–Crippen MR) is 99.9 cm³/mol. The van der Waals surface area contributed by atoms with Crippen LogP contribution >= 0.6 is 0 Å². The first-order valence-electron chi connectivity index (χ1n) is 8.69. The van der Waals surface area contributed by atoms with Crippen LogP contribution in [0.25, 0.3) is 0 Å². The van der Waals surface area contributed by atoms with E-state index in [9.17, 15) is 13.2 Å². The van der Waals surface area contributed by atoms with E-state index in [1.807, 2.05) is 0 Å². The van der Waals surface area contributed by atoms with Crippen LogP contribution in [-0.4, -0.2) is 51.1 Å². The van der Waals surface area contributed by atoms with E-state index in [4.69, 9.17) is 0 Å². The average Bonchev–Trinajstić information content (AvgIpc) is 2.73. The molecule has 2 aromatic rings. The molecule has 27 heavy (non-hydrogen) atoms. The number of piperidine rings is 1. The van der Waals surface area contributed by atoms with E-state index in [0.29, 0.717) is 18.1 Å². The Labute approximate surface area is 158 Å². The number of nitrogens with zero attached hydrogens (tertiary/aromatic N) is 3. The van der Waals surface area contributed by atoms with Gasteiger partial charge in [-0.2, -0.15) is 0 Å². The van der Waals surface area contributed by atoms with Gasteiger partial charge in [-0.3, -0.25) is 0 Å². The van der Waals surface area contributed by atoms with E-state index in [0.717, 1.165) is 25.9 Å². The van der Waals surface area contributed by atoms with Gasteiger partial charge in [0.2, 0.25) is 16.0 Å². The van der Waals surface area contributed by atoms with Gasteiger partial charge >= 0.3 is 5.97 Å². The van der Waals surface area contributed by atoms with Gasteiger partial charge in [0.25, 0.3) is 0 Å². The van der Waals surface area contributed by atoms with Gasteiger partial charge in [0, 0.05) is 32.0 Å². The van der Waals surface area contributed by atoms with Crippen LogP contribution in [0.4, 0.5) is 5.95 Å². The minimum Gasteiger partial charge on any atom is -0.465 e. The van der Waals surface area contributed by atoms with Gasteiger partial charge in [0.05, 0.1) is 17.6 Å². The minimum absolute atomic E-state index is 0.130. The second kappa shape index (κ2) is 8.45. The number of aromatic nitrogens is 2. The molecule has 1 saturated heterocycles. The zero-order chi connectivity index (χ0) is 19.3. The number of esters is 1. The standard InChI is InChI=1S/C18H22N4O4S/c1-26-17(23)15-3-5-16(6-4-15)27(24,25)21-13-14-7-11-22(12-8-14)18-19-9-2-10-20-18/h2-6,9-10,14,21H,7-8,11-13H2,1H3. The van der Waals surface area contributed by atoms with Crippen LogP contribution < -0.4 is 9.62 Å². The number of nitrogens with one attached hydrogen (secondary N) is 1. The van der Waals surface area contributed by atoms with Crippen molar-refractivity contribution < 1.29 is 17.9 Å². The fourth-order valence-corrected chi connectivity index (χ4v) is 4.11. The van der Waals surface area contributed by atoms with Crippen LogP contribution in [0, 0.1) is 5.92 Å². The van der Waals surface area contributed by atoms with Crippen molar-refractivity contribution in [3.8, 4) is 0 Å². The third-order valence-electron chi connectivity index (χ3n) is 4.60. The molecule has 0 radical (unpaired) electrons. The summed E-state index contributed by atoms with van der Waals surface area (Å²) in [5, 5.41) is 0. The van der Waals surface area contributed by atoms with Crippen molar-refractivity contribution in [2.75, 3.05) is 31.6 Å². The van der Waals surface area contributed by atoms with E-state index in [-0.39, 0.29) is 10.8 Å². The average molecular weight is 390 g/mol. The second-order valence-electron chi connectivity index (χ2n) is 6.35. The van der Waals surface area contributed by atoms with Crippen LogP contribution in [0.3, 0.4) is 0 Å². The number of carbonyl (C=O) groups excluding carboxylic acids is 1. The zero-order valence-corrected chi connectivity index (χ0v) is 15.9. The van der Waals surface area contributed by atoms with Crippen molar-refractivity contribution in [1.29, 1.82) is 0 Å². The molecule has 144 valence electrons. The Bertz CT molecular complexity index is 864. The maximum Gasteiger partial charge on any atom is 0.337 e. The van der Waals surface area contributed by atoms with E-state index in [1.165, 1.54) is 31.4 Å². The fraction of sp³-hybridized carbons (Fsp3) is 0.389. The molecule has 0 aliphatic carbocycles. The number of benzene rings is 1. The highest BCUT2D eigenvalue weighted by molar-refractivity contribution is 7.89. The number of rotatable bonds is 6. The highest BCUT2D eigenvalue weighted by Gasteiger charge is 2.23. The maximum absolute atomic E-state index is 12.5. The summed E-state index contributed by atoms with van der Waals surface area (Å²) in [6, 6.07) is 7.48. The molecule has 0 bridgehead atoms. The van der Waals surface area contributed by atoms with Gasteiger partial charge in [-0.25, -0.2) is 27.9 Å². The molecule has 0 spiro atoms. The van der Waals surface area contributed by atoms with Crippen molar-refractivity contribution in [1.82, 2.24) is 14.7 Å². The van der Waals surface area contributed by atoms with Gasteiger partial charge in [-0.05, 0) is 49.1 Å². The summed E-state index contributed by atoms with van der Waals surface area (Å²) in [4.78, 5) is 22.2. The molecule has 0 unspecified atom stereocenters. The summed E-state index contributed by atoms with van der Waals surface area (Å²) in [6.45, 7) is 1.97. The molecule has 1 aliphatic heterocycles. The summed E-state index contributed by atoms with van der Waals surface area (Å²) in [5.41, 5.74) is 0.312. The van der Waals surface area contributed by atoms with Crippen molar-refractivity contribution in [3.05, 3.63) is 48.3 Å². The lowest BCUT2D eigenvalue weighted by Gasteiger charge is -2.31. The van der Waals surface area contributed by atoms with Crippen molar-refractivity contribution in [2.24, 2.45) is 5.92 Å². The van der Waals surface area contributed by atoms with Crippen LogP contribution in [0.1, 0.15) is 23.2 Å². The molecule has 1 fully saturated rings. The summed E-state index contributed by atoms with van der Waals surface area (Å²) >= 11 is 0. The van der Waals surface area contributed by atoms with E-state index >= 15 is 0 Å². The summed E-state index contributed by atoms with van der Waals surface area (Å²) in [5.74, 6) is 0.470. The van der Waals surface area contributed by atoms with Crippen LogP contribution in [0.15, 0.2) is 47.6 Å². The highest BCUT2D eigenvalue weighted by atomic mass is 32.2. The molecular formula is C18H22N4O4S. The normalized spacial score (nSPS) is 15.5. The Balaban J connectivity index is 1.53. The fourth-order valence-electron chi connectivity index (χ4n) is 2.99. The van der Waals surface area contributed by atoms with E-state index in [2.05, 4.69) is 24.3 Å². The summed E-state index contributed by atoms with van der Waals surface area (Å²) in [6.07, 6.45) is 5.16. The molecule has 9 heteroatoms. The van der Waals surface area contributed by atoms with E-state index < -0.39 is 16.0 Å². The first kappa shape index (κ1) is 19.2. The molecule has 0 atom stereocenters. The number of carbonyl (C=O) groups is 1. The Kier molecular flexibility index (Phi) is 6.02. The first-order valence-corrected chi connectivity index (χ1v) is 10.2. The zero-order valence-electron chi connectivity index (χ0n) is 15.0. The largest absolute Gasteiger partial charge is 0.465 e. The molecule has 1 aromatic carbocycles. The van der Waals surface area contributed by atoms with Gasteiger partial charge in [-0.15, -0.1) is 0 Å². The lowest BCUT2D eigenvalue weighted by atomic mass is 9.97. The van der Waals surface area contributed by atoms with Crippen molar-refractivity contribution in [3.63, 3.8) is 0 Å². The first-order chi connectivity index (χ1) is 13.0. The van der Waals surface area contributed by atoms with Crippen LogP contribution in [0.2, 0.25) is 0 Å².